The van der Waals surface area contributed by atoms with E-state index >= 15 is 0 Å². The van der Waals surface area contributed by atoms with Crippen LogP contribution in [0, 0.1) is 0 Å². The molecule has 1 aromatic rings. The van der Waals surface area contributed by atoms with Crippen LogP contribution in [0.25, 0.3) is 0 Å². The van der Waals surface area contributed by atoms with Gasteiger partial charge in [0.1, 0.15) is 5.75 Å². The highest BCUT2D eigenvalue weighted by Gasteiger charge is 1.99. The molecule has 1 atom stereocenters. The molecular formula is C14H23NO. The minimum absolute atomic E-state index is 0.513. The number of ether oxygens (including phenoxy) is 1. The molecule has 0 amide bonds. The van der Waals surface area contributed by atoms with Crippen molar-refractivity contribution >= 4 is 0 Å². The molecule has 1 rings (SSSR count). The SMILES string of the molecule is CCCc1ccc(OCCC(C)NC)cc1. The Kier molecular flexibility index (Phi) is 5.94. The van der Waals surface area contributed by atoms with Gasteiger partial charge in [0.2, 0.25) is 0 Å². The average Bonchev–Trinajstić information content (AvgIpc) is 2.31. The van der Waals surface area contributed by atoms with Gasteiger partial charge in [0.15, 0.2) is 0 Å². The minimum Gasteiger partial charge on any atom is -0.494 e. The number of nitrogens with one attached hydrogen (secondary N) is 1. The van der Waals surface area contributed by atoms with Crippen molar-refractivity contribution in [3.63, 3.8) is 0 Å². The Bertz CT molecular complexity index is 281. The Morgan fingerprint density at radius 1 is 1.25 bits per heavy atom. The fraction of sp³-hybridized carbons (Fsp3) is 0.571. The van der Waals surface area contributed by atoms with E-state index in [1.54, 1.807) is 0 Å². The molecule has 0 fully saturated rings. The summed E-state index contributed by atoms with van der Waals surface area (Å²) < 4.78 is 5.67. The van der Waals surface area contributed by atoms with E-state index in [2.05, 4.69) is 43.4 Å². The minimum atomic E-state index is 0.513. The first kappa shape index (κ1) is 13.0. The molecule has 2 heteroatoms. The maximum Gasteiger partial charge on any atom is 0.119 e. The lowest BCUT2D eigenvalue weighted by atomic mass is 10.1. The maximum absolute atomic E-state index is 5.67. The monoisotopic (exact) mass is 221 g/mol. The Morgan fingerprint density at radius 2 is 1.94 bits per heavy atom. The highest BCUT2D eigenvalue weighted by molar-refractivity contribution is 5.27. The second kappa shape index (κ2) is 7.29. The van der Waals surface area contributed by atoms with Gasteiger partial charge < -0.3 is 10.1 Å². The molecule has 1 unspecified atom stereocenters. The van der Waals surface area contributed by atoms with Crippen LogP contribution < -0.4 is 10.1 Å². The molecule has 0 saturated heterocycles. The fourth-order valence-corrected chi connectivity index (χ4v) is 1.54. The van der Waals surface area contributed by atoms with Crippen LogP contribution in [0.5, 0.6) is 5.75 Å². The zero-order valence-corrected chi connectivity index (χ0v) is 10.6. The smallest absolute Gasteiger partial charge is 0.119 e. The molecule has 90 valence electrons. The first-order chi connectivity index (χ1) is 7.76. The Morgan fingerprint density at radius 3 is 2.50 bits per heavy atom. The van der Waals surface area contributed by atoms with Crippen LogP contribution in [0.3, 0.4) is 0 Å². The van der Waals surface area contributed by atoms with Crippen molar-refractivity contribution in [2.75, 3.05) is 13.7 Å². The maximum atomic E-state index is 5.67. The summed E-state index contributed by atoms with van der Waals surface area (Å²) in [6, 6.07) is 8.95. The zero-order chi connectivity index (χ0) is 11.8. The normalized spacial score (nSPS) is 12.4. The van der Waals surface area contributed by atoms with Crippen LogP contribution >= 0.6 is 0 Å². The van der Waals surface area contributed by atoms with E-state index in [-0.39, 0.29) is 0 Å². The van der Waals surface area contributed by atoms with Crippen molar-refractivity contribution in [2.45, 2.75) is 39.2 Å². The van der Waals surface area contributed by atoms with Crippen molar-refractivity contribution in [3.05, 3.63) is 29.8 Å². The van der Waals surface area contributed by atoms with E-state index < -0.39 is 0 Å². The highest BCUT2D eigenvalue weighted by Crippen LogP contribution is 2.13. The average molecular weight is 221 g/mol. The number of hydrogen-bond donors (Lipinski definition) is 1. The molecule has 2 nitrogen and oxygen atoms in total. The summed E-state index contributed by atoms with van der Waals surface area (Å²) in [6.07, 6.45) is 3.38. The fourth-order valence-electron chi connectivity index (χ4n) is 1.54. The van der Waals surface area contributed by atoms with Crippen molar-refractivity contribution in [1.82, 2.24) is 5.32 Å². The lowest BCUT2D eigenvalue weighted by Gasteiger charge is -2.11. The van der Waals surface area contributed by atoms with Gasteiger partial charge in [-0.1, -0.05) is 25.5 Å². The first-order valence-corrected chi connectivity index (χ1v) is 6.15. The van der Waals surface area contributed by atoms with Gasteiger partial charge in [-0.15, -0.1) is 0 Å². The number of benzene rings is 1. The summed E-state index contributed by atoms with van der Waals surface area (Å²) in [5, 5.41) is 3.20. The topological polar surface area (TPSA) is 21.3 Å². The molecule has 0 bridgehead atoms. The standard InChI is InChI=1S/C14H23NO/c1-4-5-13-6-8-14(9-7-13)16-11-10-12(2)15-3/h6-9,12,15H,4-5,10-11H2,1-3H3. The van der Waals surface area contributed by atoms with Crippen molar-refractivity contribution in [3.8, 4) is 5.75 Å². The van der Waals surface area contributed by atoms with E-state index in [1.165, 1.54) is 12.0 Å². The highest BCUT2D eigenvalue weighted by atomic mass is 16.5. The van der Waals surface area contributed by atoms with Crippen LogP contribution in [0.2, 0.25) is 0 Å². The second-order valence-corrected chi connectivity index (χ2v) is 4.22. The Labute approximate surface area is 99.0 Å². The van der Waals surface area contributed by atoms with Gasteiger partial charge in [-0.25, -0.2) is 0 Å². The molecule has 0 spiro atoms. The van der Waals surface area contributed by atoms with Crippen LogP contribution in [0.1, 0.15) is 32.3 Å². The van der Waals surface area contributed by atoms with Crippen molar-refractivity contribution < 1.29 is 4.74 Å². The van der Waals surface area contributed by atoms with Gasteiger partial charge in [-0.2, -0.15) is 0 Å². The van der Waals surface area contributed by atoms with Crippen molar-refractivity contribution in [1.29, 1.82) is 0 Å². The van der Waals surface area contributed by atoms with Gasteiger partial charge in [-0.3, -0.25) is 0 Å². The first-order valence-electron chi connectivity index (χ1n) is 6.15. The van der Waals surface area contributed by atoms with Crippen LogP contribution in [0.15, 0.2) is 24.3 Å². The van der Waals surface area contributed by atoms with Crippen LogP contribution in [-0.4, -0.2) is 19.7 Å². The third kappa shape index (κ3) is 4.67. The Balaban J connectivity index is 2.31. The predicted octanol–water partition coefficient (Wildman–Crippen LogP) is 3.02. The summed E-state index contributed by atoms with van der Waals surface area (Å²) >= 11 is 0. The van der Waals surface area contributed by atoms with E-state index in [9.17, 15) is 0 Å². The predicted molar refractivity (Wildman–Crippen MR) is 69.1 cm³/mol. The van der Waals surface area contributed by atoms with Gasteiger partial charge >= 0.3 is 0 Å². The molecular weight excluding hydrogens is 198 g/mol. The summed E-state index contributed by atoms with van der Waals surface area (Å²) in [6.45, 7) is 5.13. The van der Waals surface area contributed by atoms with E-state index in [0.717, 1.165) is 25.2 Å². The quantitative estimate of drug-likeness (QED) is 0.764. The van der Waals surface area contributed by atoms with Gasteiger partial charge in [0, 0.05) is 6.04 Å². The second-order valence-electron chi connectivity index (χ2n) is 4.22. The van der Waals surface area contributed by atoms with E-state index in [0.29, 0.717) is 6.04 Å². The number of rotatable bonds is 7. The van der Waals surface area contributed by atoms with Crippen molar-refractivity contribution in [2.24, 2.45) is 0 Å². The molecule has 0 heterocycles. The summed E-state index contributed by atoms with van der Waals surface area (Å²) in [4.78, 5) is 0. The molecule has 0 radical (unpaired) electrons. The largest absolute Gasteiger partial charge is 0.494 e. The molecule has 1 N–H and O–H groups in total. The van der Waals surface area contributed by atoms with Crippen LogP contribution in [0.4, 0.5) is 0 Å². The summed E-state index contributed by atoms with van der Waals surface area (Å²) in [7, 11) is 1.98. The summed E-state index contributed by atoms with van der Waals surface area (Å²) in [5.41, 5.74) is 1.39. The molecule has 0 saturated carbocycles. The number of aryl methyl sites for hydroxylation is 1. The lowest BCUT2D eigenvalue weighted by molar-refractivity contribution is 0.293. The summed E-state index contributed by atoms with van der Waals surface area (Å²) in [5.74, 6) is 0.975. The molecule has 0 aliphatic rings. The Hall–Kier alpha value is -1.02. The molecule has 0 aliphatic carbocycles. The third-order valence-corrected chi connectivity index (χ3v) is 2.77. The van der Waals surface area contributed by atoms with Crippen LogP contribution in [-0.2, 0) is 6.42 Å². The molecule has 16 heavy (non-hydrogen) atoms. The van der Waals surface area contributed by atoms with E-state index in [4.69, 9.17) is 4.74 Å². The molecule has 1 aromatic carbocycles. The lowest BCUT2D eigenvalue weighted by Crippen LogP contribution is -2.23. The number of hydrogen-bond acceptors (Lipinski definition) is 2. The molecule has 0 aliphatic heterocycles. The van der Waals surface area contributed by atoms with Gasteiger partial charge in [0.05, 0.1) is 6.61 Å². The van der Waals surface area contributed by atoms with Gasteiger partial charge in [-0.05, 0) is 44.5 Å². The van der Waals surface area contributed by atoms with E-state index in [1.807, 2.05) is 7.05 Å². The van der Waals surface area contributed by atoms with Gasteiger partial charge in [0.25, 0.3) is 0 Å². The zero-order valence-electron chi connectivity index (χ0n) is 10.6. The molecule has 0 aromatic heterocycles. The third-order valence-electron chi connectivity index (χ3n) is 2.77.